The SMILES string of the molecule is O=C(O)CSc1nnc(CO)n1CC1CCCCC1. The summed E-state index contributed by atoms with van der Waals surface area (Å²) in [4.78, 5) is 10.6. The van der Waals surface area contributed by atoms with Gasteiger partial charge in [0.1, 0.15) is 6.61 Å². The predicted octanol–water partition coefficient (Wildman–Crippen LogP) is 1.53. The zero-order valence-electron chi connectivity index (χ0n) is 10.8. The second-order valence-corrected chi connectivity index (χ2v) is 5.80. The maximum absolute atomic E-state index is 10.6. The third-order valence-electron chi connectivity index (χ3n) is 3.43. The highest BCUT2D eigenvalue weighted by molar-refractivity contribution is 7.99. The molecule has 2 rings (SSSR count). The molecule has 0 bridgehead atoms. The Labute approximate surface area is 116 Å². The smallest absolute Gasteiger partial charge is 0.313 e. The zero-order valence-corrected chi connectivity index (χ0v) is 11.6. The molecule has 0 spiro atoms. The fourth-order valence-electron chi connectivity index (χ4n) is 2.48. The number of hydrogen-bond donors (Lipinski definition) is 2. The van der Waals surface area contributed by atoms with E-state index in [9.17, 15) is 9.90 Å². The molecular formula is C12H19N3O3S. The molecule has 0 unspecified atom stereocenters. The summed E-state index contributed by atoms with van der Waals surface area (Å²) in [5.41, 5.74) is 0. The Kier molecular flexibility index (Phi) is 5.21. The molecule has 1 aromatic rings. The third-order valence-corrected chi connectivity index (χ3v) is 4.38. The Balaban J connectivity index is 2.06. The minimum atomic E-state index is -0.872. The summed E-state index contributed by atoms with van der Waals surface area (Å²) in [5.74, 6) is 0.203. The van der Waals surface area contributed by atoms with Crippen molar-refractivity contribution >= 4 is 17.7 Å². The van der Waals surface area contributed by atoms with Crippen LogP contribution in [0.3, 0.4) is 0 Å². The predicted molar refractivity (Wildman–Crippen MR) is 70.9 cm³/mol. The second-order valence-electron chi connectivity index (χ2n) is 4.85. The van der Waals surface area contributed by atoms with Gasteiger partial charge in [0.2, 0.25) is 0 Å². The molecular weight excluding hydrogens is 266 g/mol. The number of aliphatic carboxylic acids is 1. The highest BCUT2D eigenvalue weighted by atomic mass is 32.2. The molecule has 6 nitrogen and oxygen atoms in total. The minimum absolute atomic E-state index is 0.0335. The summed E-state index contributed by atoms with van der Waals surface area (Å²) in [5, 5.41) is 26.5. The van der Waals surface area contributed by atoms with E-state index in [0.29, 0.717) is 16.9 Å². The number of hydrogen-bond acceptors (Lipinski definition) is 5. The number of thioether (sulfide) groups is 1. The molecule has 0 atom stereocenters. The van der Waals surface area contributed by atoms with E-state index in [1.54, 1.807) is 0 Å². The lowest BCUT2D eigenvalue weighted by Crippen LogP contribution is -2.17. The van der Waals surface area contributed by atoms with Gasteiger partial charge in [-0.1, -0.05) is 31.0 Å². The Morgan fingerprint density at radius 3 is 2.68 bits per heavy atom. The number of carbonyl (C=O) groups is 1. The molecule has 1 heterocycles. The molecule has 1 fully saturated rings. The third kappa shape index (κ3) is 3.94. The number of rotatable bonds is 6. The van der Waals surface area contributed by atoms with Crippen molar-refractivity contribution in [1.29, 1.82) is 0 Å². The van der Waals surface area contributed by atoms with Crippen LogP contribution >= 0.6 is 11.8 Å². The summed E-state index contributed by atoms with van der Waals surface area (Å²) >= 11 is 1.16. The summed E-state index contributed by atoms with van der Waals surface area (Å²) in [6.45, 7) is 0.623. The van der Waals surface area contributed by atoms with Crippen LogP contribution in [0.15, 0.2) is 5.16 Å². The van der Waals surface area contributed by atoms with Crippen molar-refractivity contribution in [3.05, 3.63) is 5.82 Å². The van der Waals surface area contributed by atoms with Crippen molar-refractivity contribution in [2.75, 3.05) is 5.75 Å². The number of carboxylic acids is 1. The van der Waals surface area contributed by atoms with Gasteiger partial charge in [-0.05, 0) is 18.8 Å². The van der Waals surface area contributed by atoms with E-state index in [2.05, 4.69) is 10.2 Å². The van der Waals surface area contributed by atoms with Crippen molar-refractivity contribution in [2.24, 2.45) is 5.92 Å². The fraction of sp³-hybridized carbons (Fsp3) is 0.750. The van der Waals surface area contributed by atoms with Gasteiger partial charge in [0.05, 0.1) is 5.75 Å². The van der Waals surface area contributed by atoms with Gasteiger partial charge in [-0.15, -0.1) is 10.2 Å². The Morgan fingerprint density at radius 1 is 1.32 bits per heavy atom. The van der Waals surface area contributed by atoms with Crippen molar-refractivity contribution in [1.82, 2.24) is 14.8 Å². The van der Waals surface area contributed by atoms with Crippen molar-refractivity contribution in [3.63, 3.8) is 0 Å². The monoisotopic (exact) mass is 285 g/mol. The van der Waals surface area contributed by atoms with Gasteiger partial charge in [-0.3, -0.25) is 4.79 Å². The topological polar surface area (TPSA) is 88.2 Å². The highest BCUT2D eigenvalue weighted by Gasteiger charge is 2.19. The van der Waals surface area contributed by atoms with Crippen molar-refractivity contribution in [3.8, 4) is 0 Å². The lowest BCUT2D eigenvalue weighted by atomic mass is 9.89. The lowest BCUT2D eigenvalue weighted by Gasteiger charge is -2.23. The Hall–Kier alpha value is -1.08. The van der Waals surface area contributed by atoms with E-state index in [-0.39, 0.29) is 12.4 Å². The lowest BCUT2D eigenvalue weighted by molar-refractivity contribution is -0.133. The largest absolute Gasteiger partial charge is 0.481 e. The molecule has 0 saturated heterocycles. The van der Waals surface area contributed by atoms with Crippen LogP contribution in [0, 0.1) is 5.92 Å². The molecule has 1 aliphatic carbocycles. The maximum Gasteiger partial charge on any atom is 0.313 e. The van der Waals surface area contributed by atoms with E-state index < -0.39 is 5.97 Å². The van der Waals surface area contributed by atoms with Crippen LogP contribution in [0.4, 0.5) is 0 Å². The Bertz CT molecular complexity index is 430. The van der Waals surface area contributed by atoms with Gasteiger partial charge in [0.25, 0.3) is 0 Å². The van der Waals surface area contributed by atoms with Crippen LogP contribution < -0.4 is 0 Å². The van der Waals surface area contributed by atoms with E-state index in [0.717, 1.165) is 18.3 Å². The molecule has 1 aromatic heterocycles. The number of aliphatic hydroxyl groups excluding tert-OH is 1. The van der Waals surface area contributed by atoms with Gasteiger partial charge < -0.3 is 14.8 Å². The number of nitrogens with zero attached hydrogens (tertiary/aromatic N) is 3. The minimum Gasteiger partial charge on any atom is -0.481 e. The van der Waals surface area contributed by atoms with Crippen LogP contribution in [-0.2, 0) is 17.9 Å². The van der Waals surface area contributed by atoms with E-state index in [1.807, 2.05) is 4.57 Å². The summed E-state index contributed by atoms with van der Waals surface area (Å²) < 4.78 is 1.88. The summed E-state index contributed by atoms with van der Waals surface area (Å²) in [7, 11) is 0. The molecule has 1 aliphatic rings. The number of carboxylic acid groups (broad SMARTS) is 1. The van der Waals surface area contributed by atoms with Gasteiger partial charge in [0, 0.05) is 6.54 Å². The average molecular weight is 285 g/mol. The molecule has 2 N–H and O–H groups in total. The second kappa shape index (κ2) is 6.91. The number of aromatic nitrogens is 3. The number of aliphatic hydroxyl groups is 1. The Morgan fingerprint density at radius 2 is 2.05 bits per heavy atom. The van der Waals surface area contributed by atoms with Crippen LogP contribution in [0.1, 0.15) is 37.9 Å². The molecule has 0 amide bonds. The molecule has 106 valence electrons. The molecule has 19 heavy (non-hydrogen) atoms. The van der Waals surface area contributed by atoms with Crippen molar-refractivity contribution in [2.45, 2.75) is 50.4 Å². The van der Waals surface area contributed by atoms with E-state index in [4.69, 9.17) is 5.11 Å². The molecule has 0 radical (unpaired) electrons. The first kappa shape index (κ1) is 14.3. The molecule has 0 aromatic carbocycles. The molecule has 0 aliphatic heterocycles. The first-order valence-corrected chi connectivity index (χ1v) is 7.56. The van der Waals surface area contributed by atoms with Crippen LogP contribution in [0.25, 0.3) is 0 Å². The van der Waals surface area contributed by atoms with Gasteiger partial charge >= 0.3 is 5.97 Å². The summed E-state index contributed by atoms with van der Waals surface area (Å²) in [6.07, 6.45) is 6.17. The van der Waals surface area contributed by atoms with E-state index >= 15 is 0 Å². The molecule has 1 saturated carbocycles. The normalized spacial score (nSPS) is 16.7. The van der Waals surface area contributed by atoms with Crippen LogP contribution in [0.5, 0.6) is 0 Å². The maximum atomic E-state index is 10.6. The first-order chi connectivity index (χ1) is 9.20. The van der Waals surface area contributed by atoms with Gasteiger partial charge in [-0.2, -0.15) is 0 Å². The quantitative estimate of drug-likeness (QED) is 0.771. The average Bonchev–Trinajstić information content (AvgIpc) is 2.80. The zero-order chi connectivity index (χ0) is 13.7. The highest BCUT2D eigenvalue weighted by Crippen LogP contribution is 2.27. The van der Waals surface area contributed by atoms with Crippen molar-refractivity contribution < 1.29 is 15.0 Å². The summed E-state index contributed by atoms with van der Waals surface area (Å²) in [6, 6.07) is 0. The van der Waals surface area contributed by atoms with Crippen LogP contribution in [0.2, 0.25) is 0 Å². The standard InChI is InChI=1S/C12H19N3O3S/c16-7-10-13-14-12(19-8-11(17)18)15(10)6-9-4-2-1-3-5-9/h9,16H,1-8H2,(H,17,18). The van der Waals surface area contributed by atoms with E-state index in [1.165, 1.54) is 32.1 Å². The first-order valence-electron chi connectivity index (χ1n) is 6.58. The molecule has 7 heteroatoms. The van der Waals surface area contributed by atoms with Crippen LogP contribution in [-0.4, -0.2) is 36.7 Å². The van der Waals surface area contributed by atoms with Gasteiger partial charge in [-0.25, -0.2) is 0 Å². The van der Waals surface area contributed by atoms with Gasteiger partial charge in [0.15, 0.2) is 11.0 Å². The fourth-order valence-corrected chi connectivity index (χ4v) is 3.17.